The maximum Gasteiger partial charge on any atom is 0.344 e. The van der Waals surface area contributed by atoms with E-state index in [0.29, 0.717) is 12.8 Å². The lowest BCUT2D eigenvalue weighted by atomic mass is 9.74. The predicted molar refractivity (Wildman–Crippen MR) is 180 cm³/mol. The van der Waals surface area contributed by atoms with E-state index >= 15 is 0 Å². The van der Waals surface area contributed by atoms with Crippen molar-refractivity contribution in [3.8, 4) is 0 Å². The summed E-state index contributed by atoms with van der Waals surface area (Å²) < 4.78 is 16.6. The SMILES string of the molecule is C[C@@H](CCCCC12O[C@H](C(=O)O)[C@@](O)(C(=O)O)C(C(=O)O)(O1)[C@H](OC(=O)CC/C=C/[C@@H](C)CCCc1ccccc1)[C@H]2O)Cc1ccccc1. The summed E-state index contributed by atoms with van der Waals surface area (Å²) in [4.78, 5) is 50.7. The van der Waals surface area contributed by atoms with Crippen LogP contribution < -0.4 is 0 Å². The van der Waals surface area contributed by atoms with Crippen molar-refractivity contribution in [1.29, 1.82) is 0 Å². The first-order valence-electron chi connectivity index (χ1n) is 17.2. The van der Waals surface area contributed by atoms with Crippen molar-refractivity contribution in [1.82, 2.24) is 0 Å². The van der Waals surface area contributed by atoms with Crippen molar-refractivity contribution < 1.29 is 58.9 Å². The summed E-state index contributed by atoms with van der Waals surface area (Å²) in [5, 5.41) is 53.3. The fourth-order valence-electron chi connectivity index (χ4n) is 7.03. The molecule has 12 heteroatoms. The third-order valence-corrected chi connectivity index (χ3v) is 9.71. The number of fused-ring (bicyclic) bond motifs is 2. The van der Waals surface area contributed by atoms with Gasteiger partial charge in [-0.3, -0.25) is 4.79 Å². The van der Waals surface area contributed by atoms with Crippen LogP contribution in [0.1, 0.15) is 76.3 Å². The Kier molecular flexibility index (Phi) is 13.0. The first-order valence-corrected chi connectivity index (χ1v) is 17.2. The number of rotatable bonds is 19. The first-order chi connectivity index (χ1) is 23.8. The van der Waals surface area contributed by atoms with Crippen molar-refractivity contribution >= 4 is 23.9 Å². The zero-order valence-electron chi connectivity index (χ0n) is 28.5. The van der Waals surface area contributed by atoms with Gasteiger partial charge < -0.3 is 39.7 Å². The molecule has 5 N–H and O–H groups in total. The van der Waals surface area contributed by atoms with E-state index in [4.69, 9.17) is 14.2 Å². The lowest BCUT2D eigenvalue weighted by Crippen LogP contribution is -2.78. The molecule has 2 aromatic carbocycles. The Morgan fingerprint density at radius 3 is 2.12 bits per heavy atom. The Balaban J connectivity index is 1.44. The average Bonchev–Trinajstić information content (AvgIpc) is 3.29. The Labute approximate surface area is 291 Å². The summed E-state index contributed by atoms with van der Waals surface area (Å²) in [5.74, 6) is -9.36. The number of carboxylic acids is 3. The number of ether oxygens (including phenoxy) is 3. The maximum absolute atomic E-state index is 13.1. The molecule has 0 spiro atoms. The third-order valence-electron chi connectivity index (χ3n) is 9.71. The molecule has 0 aliphatic carbocycles. The lowest BCUT2D eigenvalue weighted by Gasteiger charge is -2.48. The smallest absolute Gasteiger partial charge is 0.344 e. The highest BCUT2D eigenvalue weighted by atomic mass is 16.8. The molecule has 2 aromatic rings. The molecule has 4 rings (SSSR count). The molecule has 2 bridgehead atoms. The summed E-state index contributed by atoms with van der Waals surface area (Å²) in [6, 6.07) is 20.0. The van der Waals surface area contributed by atoms with E-state index in [0.717, 1.165) is 31.2 Å². The van der Waals surface area contributed by atoms with Crippen LogP contribution in [0.4, 0.5) is 0 Å². The number of aryl methyl sites for hydroxylation is 1. The van der Waals surface area contributed by atoms with E-state index in [1.807, 2.05) is 61.5 Å². The van der Waals surface area contributed by atoms with Crippen molar-refractivity contribution in [2.75, 3.05) is 0 Å². The molecule has 2 fully saturated rings. The molecule has 0 aromatic heterocycles. The second kappa shape index (κ2) is 16.7. The van der Waals surface area contributed by atoms with Crippen LogP contribution in [0.25, 0.3) is 0 Å². The van der Waals surface area contributed by atoms with Gasteiger partial charge >= 0.3 is 23.9 Å². The highest BCUT2D eigenvalue weighted by Crippen LogP contribution is 2.55. The zero-order valence-corrected chi connectivity index (χ0v) is 28.5. The number of aliphatic hydroxyl groups excluding tert-OH is 1. The Morgan fingerprint density at radius 1 is 0.880 bits per heavy atom. The van der Waals surface area contributed by atoms with Crippen LogP contribution in [0, 0.1) is 11.8 Å². The van der Waals surface area contributed by atoms with Gasteiger partial charge in [0.1, 0.15) is 6.10 Å². The first kappa shape index (κ1) is 38.7. The third kappa shape index (κ3) is 8.26. The second-order valence-electron chi connectivity index (χ2n) is 13.6. The van der Waals surface area contributed by atoms with E-state index in [1.54, 1.807) is 6.08 Å². The molecule has 2 aliphatic heterocycles. The van der Waals surface area contributed by atoms with E-state index in [9.17, 15) is 44.7 Å². The molecule has 12 nitrogen and oxygen atoms in total. The molecule has 50 heavy (non-hydrogen) atoms. The van der Waals surface area contributed by atoms with Crippen LogP contribution in [0.3, 0.4) is 0 Å². The van der Waals surface area contributed by atoms with Gasteiger partial charge in [-0.25, -0.2) is 14.4 Å². The van der Waals surface area contributed by atoms with Crippen molar-refractivity contribution in [3.05, 3.63) is 83.9 Å². The molecule has 0 saturated carbocycles. The molecule has 272 valence electrons. The molecular weight excluding hydrogens is 648 g/mol. The van der Waals surface area contributed by atoms with Gasteiger partial charge in [0, 0.05) is 12.8 Å². The van der Waals surface area contributed by atoms with Gasteiger partial charge in [-0.1, -0.05) is 99.5 Å². The van der Waals surface area contributed by atoms with Crippen molar-refractivity contribution in [3.63, 3.8) is 0 Å². The monoisotopic (exact) mass is 696 g/mol. The van der Waals surface area contributed by atoms with Gasteiger partial charge in [0.2, 0.25) is 23.1 Å². The number of benzene rings is 2. The van der Waals surface area contributed by atoms with E-state index in [1.165, 1.54) is 5.56 Å². The Bertz CT molecular complexity index is 1500. The van der Waals surface area contributed by atoms with Gasteiger partial charge in [0.15, 0.2) is 6.10 Å². The molecule has 2 aliphatic rings. The van der Waals surface area contributed by atoms with Gasteiger partial charge in [-0.15, -0.1) is 0 Å². The fraction of sp³-hybridized carbons (Fsp3) is 0.526. The van der Waals surface area contributed by atoms with Crippen LogP contribution in [-0.4, -0.2) is 84.7 Å². The summed E-state index contributed by atoms with van der Waals surface area (Å²) in [6.45, 7) is 4.10. The summed E-state index contributed by atoms with van der Waals surface area (Å²) in [5.41, 5.74) is -4.78. The normalized spacial score (nSPS) is 28.6. The molecule has 2 unspecified atom stereocenters. The largest absolute Gasteiger partial charge is 0.479 e. The molecular formula is C38H48O12. The summed E-state index contributed by atoms with van der Waals surface area (Å²) in [7, 11) is 0. The summed E-state index contributed by atoms with van der Waals surface area (Å²) in [6.07, 6.45) is 1.37. The molecule has 2 heterocycles. The minimum Gasteiger partial charge on any atom is -0.479 e. The average molecular weight is 697 g/mol. The predicted octanol–water partition coefficient (Wildman–Crippen LogP) is 4.54. The lowest BCUT2D eigenvalue weighted by molar-refractivity contribution is -0.374. The maximum atomic E-state index is 13.1. The number of carboxylic acid groups (broad SMARTS) is 3. The molecule has 0 radical (unpaired) electrons. The van der Waals surface area contributed by atoms with Crippen molar-refractivity contribution in [2.45, 2.75) is 113 Å². The quantitative estimate of drug-likeness (QED) is 0.0782. The summed E-state index contributed by atoms with van der Waals surface area (Å²) >= 11 is 0. The minimum atomic E-state index is -3.78. The molecule has 0 amide bonds. The highest BCUT2D eigenvalue weighted by molar-refractivity contribution is 5.98. The Hall–Kier alpha value is -4.10. The van der Waals surface area contributed by atoms with Gasteiger partial charge in [0.05, 0.1) is 0 Å². The van der Waals surface area contributed by atoms with E-state index in [2.05, 4.69) is 19.1 Å². The second-order valence-corrected chi connectivity index (χ2v) is 13.6. The number of unbranched alkanes of at least 4 members (excludes halogenated alkanes) is 1. The van der Waals surface area contributed by atoms with E-state index in [-0.39, 0.29) is 37.5 Å². The molecule has 8 atom stereocenters. The molecule has 2 saturated heterocycles. The number of aliphatic hydroxyl groups is 2. The van der Waals surface area contributed by atoms with Crippen LogP contribution >= 0.6 is 0 Å². The van der Waals surface area contributed by atoms with Crippen LogP contribution in [0.15, 0.2) is 72.8 Å². The number of aliphatic carboxylic acids is 3. The van der Waals surface area contributed by atoms with E-state index < -0.39 is 59.2 Å². The standard InChI is InChI=1S/C38H48O12/c1-25(16-13-21-27-17-5-3-6-18-27)14-9-10-22-29(39)48-31-30(40)36(23-12-11-15-26(2)24-28-19-7-4-8-20-28)49-32(33(41)42)37(47,34(43)44)38(31,50-36)35(45)46/h3-9,14,17-20,25-26,30-32,40,47H,10-13,15-16,21-24H2,1-2H3,(H,41,42)(H,43,44)(H,45,46)/b14-9+/t25-,26+,30-,31-,32-,36?,37-,38?/m1/s1. The Morgan fingerprint density at radius 2 is 1.52 bits per heavy atom. The number of hydrogen-bond donors (Lipinski definition) is 5. The number of carbonyl (C=O) groups is 4. The van der Waals surface area contributed by atoms with Crippen LogP contribution in [0.5, 0.6) is 0 Å². The van der Waals surface area contributed by atoms with Gasteiger partial charge in [0.25, 0.3) is 0 Å². The number of esters is 1. The fourth-order valence-corrected chi connectivity index (χ4v) is 7.03. The number of carbonyl (C=O) groups excluding carboxylic acids is 1. The van der Waals surface area contributed by atoms with Crippen LogP contribution in [-0.2, 0) is 46.2 Å². The van der Waals surface area contributed by atoms with Crippen molar-refractivity contribution in [2.24, 2.45) is 11.8 Å². The van der Waals surface area contributed by atoms with Gasteiger partial charge in [-0.2, -0.15) is 0 Å². The topological polar surface area (TPSA) is 197 Å². The highest BCUT2D eigenvalue weighted by Gasteiger charge is 2.85. The van der Waals surface area contributed by atoms with Crippen LogP contribution in [0.2, 0.25) is 0 Å². The van der Waals surface area contributed by atoms with Gasteiger partial charge in [-0.05, 0) is 61.5 Å². The zero-order chi connectivity index (χ0) is 36.5. The number of allylic oxidation sites excluding steroid dienone is 2. The number of hydrogen-bond acceptors (Lipinski definition) is 9. The minimum absolute atomic E-state index is 0.190.